The van der Waals surface area contributed by atoms with Crippen LogP contribution in [0.2, 0.25) is 0 Å². The van der Waals surface area contributed by atoms with Crippen LogP contribution in [-0.4, -0.2) is 136 Å². The first-order valence-corrected chi connectivity index (χ1v) is 14.2. The summed E-state index contributed by atoms with van der Waals surface area (Å²) in [5, 5.41) is 0. The lowest BCUT2D eigenvalue weighted by Crippen LogP contribution is -2.76. The molecule has 4 aliphatic heterocycles. The van der Waals surface area contributed by atoms with Crippen LogP contribution in [0, 0.1) is 0 Å². The summed E-state index contributed by atoms with van der Waals surface area (Å²) in [6.45, 7) is 11.0. The van der Waals surface area contributed by atoms with Crippen LogP contribution in [0.3, 0.4) is 0 Å². The average Bonchev–Trinajstić information content (AvgIpc) is 2.79. The molecule has 0 aromatic heterocycles. The van der Waals surface area contributed by atoms with E-state index in [0.717, 1.165) is 12.3 Å². The van der Waals surface area contributed by atoms with Crippen LogP contribution >= 0.6 is 0 Å². The summed E-state index contributed by atoms with van der Waals surface area (Å²) < 4.78 is 57.1. The molecule has 0 spiro atoms. The van der Waals surface area contributed by atoms with Gasteiger partial charge in [0.05, 0.1) is 60.5 Å². The van der Waals surface area contributed by atoms with Crippen molar-refractivity contribution in [3.05, 3.63) is 0 Å². The molecular weight excluding hydrogens is 432 g/mol. The molecule has 2 atom stereocenters. The van der Waals surface area contributed by atoms with Gasteiger partial charge in [0.2, 0.25) is 12.3 Å². The zero-order valence-electron chi connectivity index (χ0n) is 18.7. The Balaban J connectivity index is 0.000000271. The minimum absolute atomic E-state index is 0.604. The number of rotatable bonds is 0. The van der Waals surface area contributed by atoms with Crippen molar-refractivity contribution in [2.75, 3.05) is 79.0 Å². The van der Waals surface area contributed by atoms with Gasteiger partial charge in [-0.25, -0.2) is 26.6 Å². The largest absolute Gasteiger partial charge is 0.748 e. The molecule has 4 rings (SSSR count). The summed E-state index contributed by atoms with van der Waals surface area (Å²) in [6.07, 6.45) is 8.35. The first-order valence-electron chi connectivity index (χ1n) is 10.6. The van der Waals surface area contributed by atoms with Crippen LogP contribution in [0.1, 0.15) is 25.7 Å². The summed E-state index contributed by atoms with van der Waals surface area (Å²) in [6, 6.07) is 0. The van der Waals surface area contributed by atoms with Gasteiger partial charge in [0.25, 0.3) is 0 Å². The molecule has 4 fully saturated rings. The lowest BCUT2D eigenvalue weighted by atomic mass is 10.1. The van der Waals surface area contributed by atoms with Crippen molar-refractivity contribution in [2.24, 2.45) is 0 Å². The Morgan fingerprint density at radius 3 is 1.03 bits per heavy atom. The van der Waals surface area contributed by atoms with E-state index in [0.29, 0.717) is 12.5 Å². The third-order valence-electron chi connectivity index (χ3n) is 6.75. The quantitative estimate of drug-likeness (QED) is 0.329. The Kier molecular flexibility index (Phi) is 8.34. The average molecular weight is 471 g/mol. The number of quaternary nitrogens is 2. The fourth-order valence-electron chi connectivity index (χ4n) is 5.85. The predicted octanol–water partition coefficient (Wildman–Crippen LogP) is -0.927. The maximum Gasteiger partial charge on any atom is 0.213 e. The number of hydrogen-bond donors (Lipinski definition) is 0. The maximum absolute atomic E-state index is 9.08. The smallest absolute Gasteiger partial charge is 0.213 e. The van der Waals surface area contributed by atoms with E-state index in [-0.39, 0.29) is 0 Å². The van der Waals surface area contributed by atoms with Crippen molar-refractivity contribution < 1.29 is 34.9 Å². The summed E-state index contributed by atoms with van der Waals surface area (Å²) >= 11 is 0. The van der Waals surface area contributed by atoms with Crippen molar-refractivity contribution in [3.8, 4) is 0 Å². The maximum atomic E-state index is 9.08. The second-order valence-corrected chi connectivity index (χ2v) is 12.4. The molecule has 0 amide bonds. The van der Waals surface area contributed by atoms with Crippen molar-refractivity contribution in [1.82, 2.24) is 9.80 Å². The second kappa shape index (κ2) is 9.65. The van der Waals surface area contributed by atoms with Crippen LogP contribution in [-0.2, 0) is 20.2 Å². The van der Waals surface area contributed by atoms with Gasteiger partial charge in [0.15, 0.2) is 0 Å². The Bertz CT molecular complexity index is 710. The van der Waals surface area contributed by atoms with Crippen LogP contribution in [0.4, 0.5) is 0 Å². The summed E-state index contributed by atoms with van der Waals surface area (Å²) in [4.78, 5) is 5.75. The van der Waals surface area contributed by atoms with Gasteiger partial charge in [-0.3, -0.25) is 0 Å². The lowest BCUT2D eigenvalue weighted by molar-refractivity contribution is -1.01. The van der Waals surface area contributed by atoms with Crippen LogP contribution in [0.25, 0.3) is 0 Å². The monoisotopic (exact) mass is 470 g/mol. The standard InChI is InChI=1S/C16H32N4.2CH4O3S/c1-19-11-3-7-17-10-6-14-20(2)12-4-8-18(9-5-13-19)16(20)15(17)19;2*1-5(2,3)4/h15-16H,3-14H2,1-2H3;2*1H3,(H,2,3,4)/q+2;;/p-2/t15-,16-,19?,20?;;/m1../s1. The highest BCUT2D eigenvalue weighted by Gasteiger charge is 2.58. The molecule has 178 valence electrons. The first-order chi connectivity index (χ1) is 13.6. The van der Waals surface area contributed by atoms with Gasteiger partial charge in [-0.2, -0.15) is 0 Å². The molecular formula is C18H38N4O6S2. The van der Waals surface area contributed by atoms with Crippen molar-refractivity contribution >= 4 is 20.2 Å². The van der Waals surface area contributed by atoms with Gasteiger partial charge >= 0.3 is 0 Å². The van der Waals surface area contributed by atoms with Crippen LogP contribution in [0.5, 0.6) is 0 Å². The topological polar surface area (TPSA) is 121 Å². The molecule has 4 heterocycles. The molecule has 0 saturated carbocycles. The molecule has 12 heteroatoms. The molecule has 0 aromatic carbocycles. The van der Waals surface area contributed by atoms with Crippen molar-refractivity contribution in [3.63, 3.8) is 0 Å². The zero-order valence-corrected chi connectivity index (χ0v) is 20.3. The predicted molar refractivity (Wildman–Crippen MR) is 112 cm³/mol. The summed E-state index contributed by atoms with van der Waals surface area (Å²) in [5.41, 5.74) is 0. The third kappa shape index (κ3) is 7.37. The fraction of sp³-hybridized carbons (Fsp3) is 1.00. The van der Waals surface area contributed by atoms with E-state index in [9.17, 15) is 0 Å². The van der Waals surface area contributed by atoms with E-state index in [1.807, 2.05) is 0 Å². The van der Waals surface area contributed by atoms with E-state index in [2.05, 4.69) is 23.9 Å². The fourth-order valence-corrected chi connectivity index (χ4v) is 5.85. The van der Waals surface area contributed by atoms with E-state index in [1.54, 1.807) is 0 Å². The van der Waals surface area contributed by atoms with E-state index in [4.69, 9.17) is 25.9 Å². The SMILES string of the molecule is CS(=O)(=O)[O-].CS(=O)(=O)[O-].C[N+]12CCCN3CCC[N+]4(C)CCCN(CCC1)[C@H]4[C@H]32. The summed E-state index contributed by atoms with van der Waals surface area (Å²) in [5.74, 6) is 0. The second-order valence-electron chi connectivity index (χ2n) is 9.57. The van der Waals surface area contributed by atoms with Gasteiger partial charge < -0.3 is 18.1 Å². The molecule has 0 aromatic rings. The number of nitrogens with zero attached hydrogens (tertiary/aromatic N) is 4. The van der Waals surface area contributed by atoms with Gasteiger partial charge in [0, 0.05) is 64.4 Å². The van der Waals surface area contributed by atoms with Crippen molar-refractivity contribution in [1.29, 1.82) is 0 Å². The summed E-state index contributed by atoms with van der Waals surface area (Å²) in [7, 11) is -2.71. The van der Waals surface area contributed by atoms with Gasteiger partial charge in [0.1, 0.15) is 0 Å². The van der Waals surface area contributed by atoms with Gasteiger partial charge in [-0.05, 0) is 0 Å². The Labute approximate surface area is 182 Å². The molecule has 4 aliphatic rings. The third-order valence-corrected chi connectivity index (χ3v) is 6.75. The number of hydrogen-bond acceptors (Lipinski definition) is 8. The molecule has 0 radical (unpaired) electrons. The molecule has 0 unspecified atom stereocenters. The molecule has 0 N–H and O–H groups in total. The molecule has 4 saturated heterocycles. The minimum Gasteiger partial charge on any atom is -0.748 e. The van der Waals surface area contributed by atoms with E-state index >= 15 is 0 Å². The van der Waals surface area contributed by atoms with E-state index in [1.165, 1.54) is 87.0 Å². The zero-order chi connectivity index (χ0) is 22.8. The van der Waals surface area contributed by atoms with Crippen molar-refractivity contribution in [2.45, 2.75) is 38.0 Å². The van der Waals surface area contributed by atoms with Gasteiger partial charge in [-0.15, -0.1) is 0 Å². The normalized spacial score (nSPS) is 37.3. The van der Waals surface area contributed by atoms with Gasteiger partial charge in [-0.1, -0.05) is 0 Å². The highest BCUT2D eigenvalue weighted by atomic mass is 32.2. The first kappa shape index (κ1) is 25.9. The highest BCUT2D eigenvalue weighted by Crippen LogP contribution is 2.38. The lowest BCUT2D eigenvalue weighted by Gasteiger charge is -2.56. The minimum atomic E-state index is -3.92. The Morgan fingerprint density at radius 1 is 0.633 bits per heavy atom. The molecule has 30 heavy (non-hydrogen) atoms. The highest BCUT2D eigenvalue weighted by molar-refractivity contribution is 7.85. The Hall–Kier alpha value is -0.340. The van der Waals surface area contributed by atoms with Crippen LogP contribution < -0.4 is 0 Å². The Morgan fingerprint density at radius 2 is 0.833 bits per heavy atom. The molecule has 10 nitrogen and oxygen atoms in total. The van der Waals surface area contributed by atoms with E-state index < -0.39 is 20.2 Å². The van der Waals surface area contributed by atoms with Crippen LogP contribution in [0.15, 0.2) is 0 Å². The number of likely N-dealkylation sites (N-methyl/N-ethyl adjacent to an activating group) is 2. The molecule has 0 aliphatic carbocycles. The molecule has 0 bridgehead atoms.